The number of thioether (sulfide) groups is 1. The summed E-state index contributed by atoms with van der Waals surface area (Å²) in [5.41, 5.74) is 0.820. The van der Waals surface area contributed by atoms with Crippen LogP contribution in [0.25, 0.3) is 5.65 Å². The zero-order chi connectivity index (χ0) is 17.2. The molecule has 128 valence electrons. The number of rotatable bonds is 5. The standard InChI is InChI=1S/C16H21N5O2S/c1-16(2)15(23)18-11(10-24-16)14(22)17-8-5-7-13-20-19-12-6-3-4-9-21(12)13/h3-4,6,9,11H,5,7-8,10H2,1-2H3,(H,17,22)(H,18,23)/t11-/m0/s1. The third-order valence-electron chi connectivity index (χ3n) is 4.04. The number of fused-ring (bicyclic) bond motifs is 1. The molecule has 0 aromatic carbocycles. The maximum atomic E-state index is 12.2. The number of carbonyl (C=O) groups is 2. The summed E-state index contributed by atoms with van der Waals surface area (Å²) in [5, 5.41) is 13.9. The fourth-order valence-electron chi connectivity index (χ4n) is 2.51. The summed E-state index contributed by atoms with van der Waals surface area (Å²) in [6, 6.07) is 5.31. The minimum absolute atomic E-state index is 0.0890. The normalized spacial score (nSPS) is 19.9. The Morgan fingerprint density at radius 3 is 3.08 bits per heavy atom. The molecule has 0 spiro atoms. The van der Waals surface area contributed by atoms with Gasteiger partial charge in [-0.3, -0.25) is 14.0 Å². The van der Waals surface area contributed by atoms with Gasteiger partial charge in [-0.2, -0.15) is 0 Å². The second kappa shape index (κ2) is 6.80. The molecule has 0 saturated carbocycles. The quantitative estimate of drug-likeness (QED) is 0.781. The van der Waals surface area contributed by atoms with Crippen molar-refractivity contribution in [3.63, 3.8) is 0 Å². The van der Waals surface area contributed by atoms with Gasteiger partial charge in [0.15, 0.2) is 5.65 Å². The number of aryl methyl sites for hydroxylation is 1. The smallest absolute Gasteiger partial charge is 0.243 e. The summed E-state index contributed by atoms with van der Waals surface area (Å²) in [6.45, 7) is 4.27. The van der Waals surface area contributed by atoms with Gasteiger partial charge in [0.05, 0.1) is 4.75 Å². The highest BCUT2D eigenvalue weighted by atomic mass is 32.2. The molecular weight excluding hydrogens is 326 g/mol. The number of nitrogens with one attached hydrogen (secondary N) is 2. The lowest BCUT2D eigenvalue weighted by Gasteiger charge is -2.32. The van der Waals surface area contributed by atoms with Crippen LogP contribution in [0.4, 0.5) is 0 Å². The van der Waals surface area contributed by atoms with Crippen molar-refractivity contribution < 1.29 is 9.59 Å². The maximum Gasteiger partial charge on any atom is 0.243 e. The topological polar surface area (TPSA) is 88.4 Å². The van der Waals surface area contributed by atoms with E-state index in [0.717, 1.165) is 24.3 Å². The predicted molar refractivity (Wildman–Crippen MR) is 92.8 cm³/mol. The van der Waals surface area contributed by atoms with E-state index in [1.54, 1.807) is 0 Å². The summed E-state index contributed by atoms with van der Waals surface area (Å²) in [5.74, 6) is 1.26. The van der Waals surface area contributed by atoms with E-state index < -0.39 is 10.8 Å². The van der Waals surface area contributed by atoms with Crippen molar-refractivity contribution in [3.8, 4) is 0 Å². The van der Waals surface area contributed by atoms with Gasteiger partial charge < -0.3 is 10.6 Å². The van der Waals surface area contributed by atoms with E-state index in [9.17, 15) is 9.59 Å². The van der Waals surface area contributed by atoms with Gasteiger partial charge in [0.1, 0.15) is 11.9 Å². The lowest BCUT2D eigenvalue weighted by molar-refractivity contribution is -0.129. The summed E-state index contributed by atoms with van der Waals surface area (Å²) in [7, 11) is 0. The summed E-state index contributed by atoms with van der Waals surface area (Å²) in [4.78, 5) is 24.1. The van der Waals surface area contributed by atoms with Crippen molar-refractivity contribution in [1.29, 1.82) is 0 Å². The van der Waals surface area contributed by atoms with E-state index in [0.29, 0.717) is 12.3 Å². The SMILES string of the molecule is CC1(C)SC[C@@H](C(=O)NCCCc2nnc3ccccn23)NC1=O. The second-order valence-corrected chi connectivity index (χ2v) is 7.93. The zero-order valence-electron chi connectivity index (χ0n) is 13.8. The Labute approximate surface area is 144 Å². The van der Waals surface area contributed by atoms with Gasteiger partial charge in [-0.15, -0.1) is 22.0 Å². The third kappa shape index (κ3) is 3.53. The van der Waals surface area contributed by atoms with Crippen LogP contribution in [0.5, 0.6) is 0 Å². The molecule has 3 heterocycles. The molecule has 7 nitrogen and oxygen atoms in total. The average Bonchev–Trinajstić information content (AvgIpc) is 2.97. The van der Waals surface area contributed by atoms with E-state index in [1.165, 1.54) is 11.8 Å². The number of hydrogen-bond acceptors (Lipinski definition) is 5. The van der Waals surface area contributed by atoms with Crippen molar-refractivity contribution in [2.75, 3.05) is 12.3 Å². The molecule has 0 radical (unpaired) electrons. The lowest BCUT2D eigenvalue weighted by Crippen LogP contribution is -2.57. The van der Waals surface area contributed by atoms with Crippen LogP contribution >= 0.6 is 11.8 Å². The fourth-order valence-corrected chi connectivity index (χ4v) is 3.52. The zero-order valence-corrected chi connectivity index (χ0v) is 14.6. The predicted octanol–water partition coefficient (Wildman–Crippen LogP) is 0.788. The fraction of sp³-hybridized carbons (Fsp3) is 0.500. The first-order chi connectivity index (χ1) is 11.5. The van der Waals surface area contributed by atoms with Crippen LogP contribution in [0.3, 0.4) is 0 Å². The summed E-state index contributed by atoms with van der Waals surface area (Å²) in [6.07, 6.45) is 3.42. The summed E-state index contributed by atoms with van der Waals surface area (Å²) < 4.78 is 1.48. The van der Waals surface area contributed by atoms with Gasteiger partial charge in [-0.05, 0) is 32.4 Å². The van der Waals surface area contributed by atoms with Crippen LogP contribution < -0.4 is 10.6 Å². The van der Waals surface area contributed by atoms with Crippen LogP contribution in [0.2, 0.25) is 0 Å². The molecule has 0 aliphatic carbocycles. The summed E-state index contributed by atoms with van der Waals surface area (Å²) >= 11 is 1.51. The number of nitrogens with zero attached hydrogens (tertiary/aromatic N) is 3. The molecule has 0 bridgehead atoms. The lowest BCUT2D eigenvalue weighted by atomic mass is 10.1. The highest BCUT2D eigenvalue weighted by Crippen LogP contribution is 2.28. The number of pyridine rings is 1. The third-order valence-corrected chi connectivity index (χ3v) is 5.45. The molecule has 2 aromatic heterocycles. The Bertz CT molecular complexity index is 758. The molecule has 2 amide bonds. The van der Waals surface area contributed by atoms with Crippen molar-refractivity contribution >= 4 is 29.2 Å². The minimum atomic E-state index is -0.467. The Balaban J connectivity index is 1.45. The molecule has 1 fully saturated rings. The molecule has 1 saturated heterocycles. The first-order valence-corrected chi connectivity index (χ1v) is 8.97. The minimum Gasteiger partial charge on any atom is -0.354 e. The number of aromatic nitrogens is 3. The largest absolute Gasteiger partial charge is 0.354 e. The van der Waals surface area contributed by atoms with E-state index in [-0.39, 0.29) is 11.8 Å². The first-order valence-electron chi connectivity index (χ1n) is 7.99. The number of hydrogen-bond donors (Lipinski definition) is 2. The molecule has 8 heteroatoms. The molecule has 0 unspecified atom stereocenters. The second-order valence-electron chi connectivity index (χ2n) is 6.29. The molecule has 1 aliphatic heterocycles. The Hall–Kier alpha value is -2.09. The van der Waals surface area contributed by atoms with E-state index in [4.69, 9.17) is 0 Å². The molecular formula is C16H21N5O2S. The van der Waals surface area contributed by atoms with Crippen LogP contribution in [0.15, 0.2) is 24.4 Å². The van der Waals surface area contributed by atoms with Crippen LogP contribution in [0.1, 0.15) is 26.1 Å². The van der Waals surface area contributed by atoms with Gasteiger partial charge in [0.25, 0.3) is 0 Å². The Morgan fingerprint density at radius 2 is 2.29 bits per heavy atom. The van der Waals surface area contributed by atoms with Gasteiger partial charge in [-0.25, -0.2) is 0 Å². The van der Waals surface area contributed by atoms with Crippen molar-refractivity contribution in [2.24, 2.45) is 0 Å². The Morgan fingerprint density at radius 1 is 1.46 bits per heavy atom. The molecule has 2 aromatic rings. The van der Waals surface area contributed by atoms with Gasteiger partial charge in [0.2, 0.25) is 11.8 Å². The maximum absolute atomic E-state index is 12.2. The van der Waals surface area contributed by atoms with E-state index >= 15 is 0 Å². The van der Waals surface area contributed by atoms with Crippen molar-refractivity contribution in [1.82, 2.24) is 25.2 Å². The van der Waals surface area contributed by atoms with Gasteiger partial charge >= 0.3 is 0 Å². The van der Waals surface area contributed by atoms with Crippen LogP contribution in [-0.2, 0) is 16.0 Å². The molecule has 24 heavy (non-hydrogen) atoms. The highest BCUT2D eigenvalue weighted by molar-refractivity contribution is 8.01. The Kier molecular flexibility index (Phi) is 4.75. The van der Waals surface area contributed by atoms with Crippen molar-refractivity contribution in [2.45, 2.75) is 37.5 Å². The van der Waals surface area contributed by atoms with Gasteiger partial charge in [-0.1, -0.05) is 6.07 Å². The number of carbonyl (C=O) groups excluding carboxylic acids is 2. The highest BCUT2D eigenvalue weighted by Gasteiger charge is 2.37. The van der Waals surface area contributed by atoms with Crippen molar-refractivity contribution in [3.05, 3.63) is 30.2 Å². The van der Waals surface area contributed by atoms with Gasteiger partial charge in [0, 0.05) is 24.9 Å². The van der Waals surface area contributed by atoms with Crippen LogP contribution in [-0.4, -0.2) is 49.5 Å². The monoisotopic (exact) mass is 347 g/mol. The molecule has 2 N–H and O–H groups in total. The van der Waals surface area contributed by atoms with E-state index in [1.807, 2.05) is 42.6 Å². The van der Waals surface area contributed by atoms with Crippen LogP contribution in [0, 0.1) is 0 Å². The molecule has 3 rings (SSSR count). The number of amides is 2. The first kappa shape index (κ1) is 16.8. The molecule has 1 aliphatic rings. The average molecular weight is 347 g/mol. The van der Waals surface area contributed by atoms with E-state index in [2.05, 4.69) is 20.8 Å². The molecule has 1 atom stereocenters.